The summed E-state index contributed by atoms with van der Waals surface area (Å²) < 4.78 is 22.2. The van der Waals surface area contributed by atoms with Gasteiger partial charge >= 0.3 is 5.97 Å². The SMILES string of the molecule is CNC1CSSCC2c3cc(O)ccc3C34C(CCC35C(O)C1CC1C3CC6(C(O)C7(O)OC(C(=O)Oc8c(CO)[nH]c9ccc%10cc%11ccccc%11cc%10c89)C(OC15)C37O)C13CCCC1C=CC1C5(CCCC5)CCC16CC3)CC1CCC2C14. The molecule has 6 bridgehead atoms. The molecule has 14 heteroatoms. The van der Waals surface area contributed by atoms with E-state index in [1.54, 1.807) is 0 Å². The fraction of sp³-hybridized carbons (Fsp3) is 0.648. The molecule has 4 aromatic carbocycles. The van der Waals surface area contributed by atoms with Crippen molar-refractivity contribution in [2.24, 2.45) is 80.3 Å². The van der Waals surface area contributed by atoms with Crippen LogP contribution in [0.1, 0.15) is 138 Å². The van der Waals surface area contributed by atoms with Gasteiger partial charge in [-0.25, -0.2) is 4.79 Å². The van der Waals surface area contributed by atoms with Gasteiger partial charge in [-0.1, -0.05) is 89.4 Å². The van der Waals surface area contributed by atoms with E-state index in [9.17, 15) is 30.6 Å². The van der Waals surface area contributed by atoms with Gasteiger partial charge in [-0.15, -0.1) is 0 Å². The monoisotopic (exact) mass is 1190 g/mol. The van der Waals surface area contributed by atoms with Crippen LogP contribution in [0.3, 0.4) is 0 Å². The zero-order chi connectivity index (χ0) is 57.2. The highest BCUT2D eigenvalue weighted by Crippen LogP contribution is 2.88. The first-order valence-corrected chi connectivity index (χ1v) is 35.6. The second-order valence-electron chi connectivity index (χ2n) is 30.6. The van der Waals surface area contributed by atoms with E-state index in [1.165, 1.54) is 24.0 Å². The highest BCUT2D eigenvalue weighted by atomic mass is 33.1. The minimum absolute atomic E-state index is 0.0893. The van der Waals surface area contributed by atoms with Crippen LogP contribution in [-0.4, -0.2) is 108 Å². The topological polar surface area (TPSA) is 194 Å². The highest BCUT2D eigenvalue weighted by Gasteiger charge is 2.91. The van der Waals surface area contributed by atoms with E-state index < -0.39 is 93.4 Å². The lowest BCUT2D eigenvalue weighted by molar-refractivity contribution is -0.411. The van der Waals surface area contributed by atoms with Gasteiger partial charge in [0.25, 0.3) is 0 Å². The van der Waals surface area contributed by atoms with Crippen molar-refractivity contribution in [1.29, 1.82) is 0 Å². The molecule has 448 valence electrons. The number of phenolic OH excluding ortho intramolecular Hbond substituents is 1. The molecule has 4 aliphatic heterocycles. The van der Waals surface area contributed by atoms with Gasteiger partial charge in [-0.2, -0.15) is 0 Å². The summed E-state index contributed by atoms with van der Waals surface area (Å²) in [6.07, 6.45) is 16.2. The second-order valence-corrected chi connectivity index (χ2v) is 33.2. The summed E-state index contributed by atoms with van der Waals surface area (Å²) in [5.74, 6) is -0.913. The molecule has 0 amide bonds. The van der Waals surface area contributed by atoms with Gasteiger partial charge in [0.05, 0.1) is 35.4 Å². The first-order valence-electron chi connectivity index (χ1n) is 33.1. The van der Waals surface area contributed by atoms with Crippen LogP contribution in [0.5, 0.6) is 11.5 Å². The van der Waals surface area contributed by atoms with Gasteiger partial charge in [-0.05, 0) is 230 Å². The van der Waals surface area contributed by atoms with Crippen molar-refractivity contribution >= 4 is 60.0 Å². The lowest BCUT2D eigenvalue weighted by Crippen LogP contribution is -2.83. The highest BCUT2D eigenvalue weighted by molar-refractivity contribution is 8.76. The number of aromatic hydroxyl groups is 1. The summed E-state index contributed by atoms with van der Waals surface area (Å²) in [6, 6.07) is 22.5. The van der Waals surface area contributed by atoms with Gasteiger partial charge < -0.3 is 55.2 Å². The molecule has 11 aliphatic carbocycles. The normalized spacial score (nSPS) is 48.7. The van der Waals surface area contributed by atoms with Gasteiger partial charge in [-0.3, -0.25) is 0 Å². The molecule has 5 heterocycles. The number of fused-ring (bicyclic) bond motifs is 11. The Morgan fingerprint density at radius 3 is 2.45 bits per heavy atom. The lowest BCUT2D eigenvalue weighted by atomic mass is 9.36. The fourth-order valence-electron chi connectivity index (χ4n) is 26.9. The number of rotatable bonds is 4. The number of hydrogen-bond donors (Lipinski definition) is 8. The Kier molecular flexibility index (Phi) is 11.0. The molecule has 12 fully saturated rings. The predicted octanol–water partition coefficient (Wildman–Crippen LogP) is 11.1. The van der Waals surface area contributed by atoms with Crippen molar-refractivity contribution in [3.8, 4) is 11.5 Å². The van der Waals surface area contributed by atoms with E-state index in [1.807, 2.05) is 59.0 Å². The number of nitrogens with one attached hydrogen (secondary N) is 2. The molecule has 9 saturated carbocycles. The molecule has 20 rings (SSSR count). The number of H-pyrrole nitrogens is 1. The minimum Gasteiger partial charge on any atom is -0.508 e. The van der Waals surface area contributed by atoms with Gasteiger partial charge in [0, 0.05) is 45.6 Å². The Hall–Kier alpha value is -3.67. The van der Waals surface area contributed by atoms with Crippen LogP contribution in [0.25, 0.3) is 32.4 Å². The molecule has 12 nitrogen and oxygen atoms in total. The third-order valence-electron chi connectivity index (χ3n) is 29.2. The smallest absolute Gasteiger partial charge is 0.343 e. The molecule has 1 aromatic heterocycles. The fourth-order valence-corrected chi connectivity index (χ4v) is 29.6. The zero-order valence-electron chi connectivity index (χ0n) is 48.7. The van der Waals surface area contributed by atoms with E-state index in [4.69, 9.17) is 14.2 Å². The second kappa shape index (κ2) is 17.6. The molecular weight excluding hydrogens is 1100 g/mol. The molecule has 5 aromatic rings. The summed E-state index contributed by atoms with van der Waals surface area (Å²) in [7, 11) is 5.88. The standard InChI is InChI=1S/C71H82N2O10S2/c1-72-53-35-85-84-34-48-43-14-10-39-28-41-18-22-67(69(41,56(39)43)49-15-13-42(75)30-45(48)49)59(76)47(53)31-46-50-32-68(65-21-6-9-40(65)12-17-54-64(19-4-5-20-64)23-24-66(54,68)26-25-65)63(78)71(80)70(50,79)61(82-60(46)67)58(83-71)62(77)81-57-52(33-74)73-51-16-11-38-27-36-7-2-3-8-37(36)29-44(38)55(51)57/h2-3,7-8,11-13,15-17,27,29-30,39-41,43,46-48,50,53-54,56,58-61,63,72-76,78-80H,4-6,9-10,14,18-26,28,31-35H2,1H3. The number of ether oxygens (including phenoxy) is 3. The van der Waals surface area contributed by atoms with Crippen molar-refractivity contribution in [1.82, 2.24) is 10.3 Å². The molecule has 85 heavy (non-hydrogen) atoms. The Bertz CT molecular complexity index is 3710. The Balaban J connectivity index is 0.851. The predicted molar refractivity (Wildman–Crippen MR) is 326 cm³/mol. The largest absolute Gasteiger partial charge is 0.508 e. The summed E-state index contributed by atoms with van der Waals surface area (Å²) in [6.45, 7) is -0.459. The number of benzene rings is 4. The molecule has 23 atom stereocenters. The lowest BCUT2D eigenvalue weighted by Gasteiger charge is -2.72. The number of aromatic amines is 1. The third kappa shape index (κ3) is 5.93. The first kappa shape index (κ1) is 53.2. The summed E-state index contributed by atoms with van der Waals surface area (Å²) in [5.41, 5.74) is -1.94. The number of carbonyl (C=O) groups excluding carboxylic acids is 1. The van der Waals surface area contributed by atoms with Crippen molar-refractivity contribution in [2.45, 2.75) is 181 Å². The van der Waals surface area contributed by atoms with Crippen LogP contribution >= 0.6 is 21.6 Å². The van der Waals surface area contributed by atoms with Gasteiger partial charge in [0.2, 0.25) is 5.79 Å². The zero-order valence-corrected chi connectivity index (χ0v) is 50.4. The molecule has 3 saturated heterocycles. The van der Waals surface area contributed by atoms with Crippen molar-refractivity contribution < 1.29 is 49.6 Å². The average Bonchev–Trinajstić information content (AvgIpc) is 1.51. The number of phenols is 1. The van der Waals surface area contributed by atoms with E-state index >= 15 is 4.79 Å². The Morgan fingerprint density at radius 2 is 1.61 bits per heavy atom. The maximum absolute atomic E-state index is 16.3. The van der Waals surface area contributed by atoms with E-state index in [2.05, 4.69) is 58.9 Å². The maximum Gasteiger partial charge on any atom is 0.343 e. The number of hydrogen-bond acceptors (Lipinski definition) is 13. The minimum atomic E-state index is -2.67. The van der Waals surface area contributed by atoms with Crippen molar-refractivity contribution in [2.75, 3.05) is 18.6 Å². The van der Waals surface area contributed by atoms with Crippen LogP contribution in [0.15, 0.2) is 78.9 Å². The van der Waals surface area contributed by atoms with Crippen LogP contribution in [0, 0.1) is 80.3 Å². The van der Waals surface area contributed by atoms with Crippen LogP contribution < -0.4 is 10.1 Å². The number of aromatic nitrogens is 1. The van der Waals surface area contributed by atoms with E-state index in [-0.39, 0.29) is 58.5 Å². The van der Waals surface area contributed by atoms with Crippen molar-refractivity contribution in [3.05, 3.63) is 95.7 Å². The molecule has 8 N–H and O–H groups in total. The van der Waals surface area contributed by atoms with Crippen LogP contribution in [0.2, 0.25) is 0 Å². The molecule has 15 aliphatic rings. The number of esters is 1. The van der Waals surface area contributed by atoms with Crippen molar-refractivity contribution in [3.63, 3.8) is 0 Å². The maximum atomic E-state index is 16.3. The van der Waals surface area contributed by atoms with Gasteiger partial charge in [0.15, 0.2) is 17.5 Å². The van der Waals surface area contributed by atoms with Crippen LogP contribution in [-0.2, 0) is 26.3 Å². The summed E-state index contributed by atoms with van der Waals surface area (Å²) in [4.78, 5) is 19.7. The first-order chi connectivity index (χ1) is 41.3. The molecule has 6 spiro atoms. The quantitative estimate of drug-likeness (QED) is 0.0367. The Labute approximate surface area is 504 Å². The summed E-state index contributed by atoms with van der Waals surface area (Å²) in [5, 5.41) is 89.8. The number of aliphatic hydroxyl groups is 5. The average molecular weight is 1190 g/mol. The number of aliphatic hydroxyl groups excluding tert-OH is 3. The third-order valence-corrected chi connectivity index (χ3v) is 31.7. The number of carbonyl (C=O) groups is 1. The van der Waals surface area contributed by atoms with E-state index in [0.29, 0.717) is 47.7 Å². The molecular formula is C71H82N2O10S2. The number of allylic oxidation sites excluding steroid dienone is 2. The van der Waals surface area contributed by atoms with Crippen LogP contribution in [0.4, 0.5) is 0 Å². The van der Waals surface area contributed by atoms with E-state index in [0.717, 1.165) is 117 Å². The van der Waals surface area contributed by atoms with Gasteiger partial charge in [0.1, 0.15) is 18.0 Å². The molecule has 23 unspecified atom stereocenters. The molecule has 0 radical (unpaired) electrons. The Morgan fingerprint density at radius 1 is 0.800 bits per heavy atom. The summed E-state index contributed by atoms with van der Waals surface area (Å²) >= 11 is 0.